The molecule has 0 aliphatic carbocycles. The molecule has 0 radical (unpaired) electrons. The second-order valence-corrected chi connectivity index (χ2v) is 5.17. The van der Waals surface area contributed by atoms with E-state index in [1.165, 1.54) is 12.1 Å². The van der Waals surface area contributed by atoms with E-state index in [9.17, 15) is 9.18 Å². The van der Waals surface area contributed by atoms with Gasteiger partial charge in [-0.1, -0.05) is 12.1 Å². The molecule has 2 heterocycles. The zero-order valence-corrected chi connectivity index (χ0v) is 12.8. The van der Waals surface area contributed by atoms with Gasteiger partial charge in [-0.25, -0.2) is 4.39 Å². The molecule has 6 heteroatoms. The minimum absolute atomic E-state index is 0.291. The number of carbonyl (C=O) groups excluding carboxylic acids is 1. The Kier molecular flexibility index (Phi) is 4.86. The summed E-state index contributed by atoms with van der Waals surface area (Å²) in [6.45, 7) is 0.832. The van der Waals surface area contributed by atoms with Crippen LogP contribution in [0, 0.1) is 5.82 Å². The molecule has 3 aromatic rings. The molecular formula is C18H16FN3O2. The van der Waals surface area contributed by atoms with Crippen LogP contribution in [0.15, 0.2) is 65.4 Å². The SMILES string of the molecule is O=C(NCc1ccc(F)cc1)c1cc(NCc2ccco2)ccn1. The van der Waals surface area contributed by atoms with Crippen LogP contribution in [0.5, 0.6) is 0 Å². The first-order valence-electron chi connectivity index (χ1n) is 7.46. The number of benzene rings is 1. The lowest BCUT2D eigenvalue weighted by Gasteiger charge is -2.08. The molecule has 0 atom stereocenters. The zero-order chi connectivity index (χ0) is 16.8. The van der Waals surface area contributed by atoms with Gasteiger partial charge < -0.3 is 15.1 Å². The average molecular weight is 325 g/mol. The van der Waals surface area contributed by atoms with Crippen molar-refractivity contribution in [1.29, 1.82) is 0 Å². The molecule has 5 nitrogen and oxygen atoms in total. The van der Waals surface area contributed by atoms with E-state index in [0.717, 1.165) is 17.0 Å². The van der Waals surface area contributed by atoms with Crippen LogP contribution in [0.2, 0.25) is 0 Å². The van der Waals surface area contributed by atoms with Gasteiger partial charge in [0, 0.05) is 18.4 Å². The highest BCUT2D eigenvalue weighted by atomic mass is 19.1. The first-order chi connectivity index (χ1) is 11.7. The van der Waals surface area contributed by atoms with Gasteiger partial charge in [-0.3, -0.25) is 9.78 Å². The van der Waals surface area contributed by atoms with Crippen molar-refractivity contribution in [3.8, 4) is 0 Å². The Morgan fingerprint density at radius 1 is 1.12 bits per heavy atom. The predicted octanol–water partition coefficient (Wildman–Crippen LogP) is 3.36. The number of hydrogen-bond donors (Lipinski definition) is 2. The van der Waals surface area contributed by atoms with Crippen LogP contribution in [0.3, 0.4) is 0 Å². The van der Waals surface area contributed by atoms with Gasteiger partial charge >= 0.3 is 0 Å². The normalized spacial score (nSPS) is 10.4. The Labute approximate surface area is 138 Å². The van der Waals surface area contributed by atoms with Gasteiger partial charge in [0.15, 0.2) is 0 Å². The minimum atomic E-state index is -0.304. The highest BCUT2D eigenvalue weighted by Crippen LogP contribution is 2.11. The van der Waals surface area contributed by atoms with E-state index in [0.29, 0.717) is 18.8 Å². The number of rotatable bonds is 6. The maximum absolute atomic E-state index is 12.9. The van der Waals surface area contributed by atoms with Gasteiger partial charge in [-0.2, -0.15) is 0 Å². The standard InChI is InChI=1S/C18H16FN3O2/c19-14-5-3-13(4-6-14)11-22-18(23)17-10-15(7-8-20-17)21-12-16-2-1-9-24-16/h1-10H,11-12H2,(H,20,21)(H,22,23). The molecule has 1 aromatic carbocycles. The van der Waals surface area contributed by atoms with Crippen LogP contribution in [0.25, 0.3) is 0 Å². The topological polar surface area (TPSA) is 67.2 Å². The van der Waals surface area contributed by atoms with Crippen LogP contribution >= 0.6 is 0 Å². The lowest BCUT2D eigenvalue weighted by Crippen LogP contribution is -2.23. The fraction of sp³-hybridized carbons (Fsp3) is 0.111. The van der Waals surface area contributed by atoms with Crippen LogP contribution in [0.4, 0.5) is 10.1 Å². The fourth-order valence-electron chi connectivity index (χ4n) is 2.14. The molecule has 0 aliphatic heterocycles. The molecule has 0 saturated heterocycles. The maximum atomic E-state index is 12.9. The Hall–Kier alpha value is -3.15. The van der Waals surface area contributed by atoms with Crippen molar-refractivity contribution in [3.05, 3.63) is 83.8 Å². The summed E-state index contributed by atoms with van der Waals surface area (Å²) in [6, 6.07) is 13.1. The Balaban J connectivity index is 1.58. The van der Waals surface area contributed by atoms with Crippen molar-refractivity contribution in [2.24, 2.45) is 0 Å². The number of nitrogens with one attached hydrogen (secondary N) is 2. The number of halogens is 1. The molecule has 0 saturated carbocycles. The molecule has 3 rings (SSSR count). The second kappa shape index (κ2) is 7.41. The van der Waals surface area contributed by atoms with E-state index in [-0.39, 0.29) is 11.7 Å². The monoisotopic (exact) mass is 325 g/mol. The average Bonchev–Trinajstić information content (AvgIpc) is 3.13. The number of carbonyl (C=O) groups is 1. The first kappa shape index (κ1) is 15.7. The third kappa shape index (κ3) is 4.19. The number of aromatic nitrogens is 1. The van der Waals surface area contributed by atoms with Crippen molar-refractivity contribution in [3.63, 3.8) is 0 Å². The highest BCUT2D eigenvalue weighted by Gasteiger charge is 2.08. The molecule has 2 N–H and O–H groups in total. The van der Waals surface area contributed by atoms with Gasteiger partial charge in [0.1, 0.15) is 17.3 Å². The van der Waals surface area contributed by atoms with E-state index in [4.69, 9.17) is 4.42 Å². The van der Waals surface area contributed by atoms with E-state index in [1.807, 2.05) is 12.1 Å². The second-order valence-electron chi connectivity index (χ2n) is 5.17. The van der Waals surface area contributed by atoms with Crippen molar-refractivity contribution in [1.82, 2.24) is 10.3 Å². The lowest BCUT2D eigenvalue weighted by atomic mass is 10.2. The van der Waals surface area contributed by atoms with Crippen molar-refractivity contribution in [2.75, 3.05) is 5.32 Å². The number of anilines is 1. The molecule has 0 spiro atoms. The molecular weight excluding hydrogens is 309 g/mol. The van der Waals surface area contributed by atoms with Crippen LogP contribution < -0.4 is 10.6 Å². The predicted molar refractivity (Wildman–Crippen MR) is 87.8 cm³/mol. The van der Waals surface area contributed by atoms with Gasteiger partial charge in [0.05, 0.1) is 12.8 Å². The summed E-state index contributed by atoms with van der Waals surface area (Å²) in [5.74, 6) is 0.206. The van der Waals surface area contributed by atoms with Crippen molar-refractivity contribution < 1.29 is 13.6 Å². The molecule has 0 fully saturated rings. The molecule has 2 aromatic heterocycles. The zero-order valence-electron chi connectivity index (χ0n) is 12.8. The largest absolute Gasteiger partial charge is 0.467 e. The van der Waals surface area contributed by atoms with E-state index < -0.39 is 0 Å². The third-order valence-electron chi connectivity index (χ3n) is 3.41. The third-order valence-corrected chi connectivity index (χ3v) is 3.41. The quantitative estimate of drug-likeness (QED) is 0.729. The summed E-state index contributed by atoms with van der Waals surface area (Å²) in [7, 11) is 0. The molecule has 122 valence electrons. The molecule has 0 unspecified atom stereocenters. The Morgan fingerprint density at radius 3 is 2.71 bits per heavy atom. The Morgan fingerprint density at radius 2 is 1.96 bits per heavy atom. The number of hydrogen-bond acceptors (Lipinski definition) is 4. The van der Waals surface area contributed by atoms with Crippen LogP contribution in [0.1, 0.15) is 21.8 Å². The van der Waals surface area contributed by atoms with E-state index in [2.05, 4.69) is 15.6 Å². The molecule has 0 aliphatic rings. The van der Waals surface area contributed by atoms with Gasteiger partial charge in [-0.05, 0) is 42.0 Å². The summed E-state index contributed by atoms with van der Waals surface area (Å²) in [5, 5.41) is 5.93. The first-order valence-corrected chi connectivity index (χ1v) is 7.46. The van der Waals surface area contributed by atoms with Gasteiger partial charge in [0.2, 0.25) is 0 Å². The minimum Gasteiger partial charge on any atom is -0.467 e. The summed E-state index contributed by atoms with van der Waals surface area (Å²) < 4.78 is 18.1. The fourth-order valence-corrected chi connectivity index (χ4v) is 2.14. The van der Waals surface area contributed by atoms with Crippen LogP contribution in [-0.4, -0.2) is 10.9 Å². The van der Waals surface area contributed by atoms with Gasteiger partial charge in [-0.15, -0.1) is 0 Å². The van der Waals surface area contributed by atoms with Crippen molar-refractivity contribution >= 4 is 11.6 Å². The number of furan rings is 1. The summed E-state index contributed by atoms with van der Waals surface area (Å²) in [5.41, 5.74) is 1.90. The lowest BCUT2D eigenvalue weighted by molar-refractivity contribution is 0.0946. The molecule has 24 heavy (non-hydrogen) atoms. The summed E-state index contributed by atoms with van der Waals surface area (Å²) in [6.07, 6.45) is 3.18. The summed E-state index contributed by atoms with van der Waals surface area (Å²) in [4.78, 5) is 16.3. The summed E-state index contributed by atoms with van der Waals surface area (Å²) >= 11 is 0. The Bertz CT molecular complexity index is 801. The molecule has 1 amide bonds. The smallest absolute Gasteiger partial charge is 0.270 e. The molecule has 0 bridgehead atoms. The van der Waals surface area contributed by atoms with Crippen LogP contribution in [-0.2, 0) is 13.1 Å². The number of nitrogens with zero attached hydrogens (tertiary/aromatic N) is 1. The number of amides is 1. The number of pyridine rings is 1. The van der Waals surface area contributed by atoms with E-state index >= 15 is 0 Å². The van der Waals surface area contributed by atoms with E-state index in [1.54, 1.807) is 36.7 Å². The van der Waals surface area contributed by atoms with Gasteiger partial charge in [0.25, 0.3) is 5.91 Å². The maximum Gasteiger partial charge on any atom is 0.270 e. The van der Waals surface area contributed by atoms with Crippen molar-refractivity contribution in [2.45, 2.75) is 13.1 Å². The highest BCUT2D eigenvalue weighted by molar-refractivity contribution is 5.93.